The van der Waals surface area contributed by atoms with Crippen LogP contribution in [0.15, 0.2) is 24.3 Å². The maximum absolute atomic E-state index is 12.0. The molecule has 0 fully saturated rings. The van der Waals surface area contributed by atoms with E-state index in [1.54, 1.807) is 0 Å². The number of carbonyl (C=O) groups excluding carboxylic acids is 1. The van der Waals surface area contributed by atoms with Crippen LogP contribution < -0.4 is 10.1 Å². The quantitative estimate of drug-likeness (QED) is 0.844. The minimum Gasteiger partial charge on any atom is -0.481 e. The Morgan fingerprint density at radius 2 is 1.73 bits per heavy atom. The molecule has 0 aliphatic carbocycles. The van der Waals surface area contributed by atoms with Crippen LogP contribution in [0.3, 0.4) is 0 Å². The summed E-state index contributed by atoms with van der Waals surface area (Å²) >= 11 is 0. The van der Waals surface area contributed by atoms with Crippen molar-refractivity contribution in [2.24, 2.45) is 5.41 Å². The predicted octanol–water partition coefficient (Wildman–Crippen LogP) is 2.35. The molecule has 5 nitrogen and oxygen atoms in total. The smallest absolute Gasteiger partial charge is 0.481 e. The van der Waals surface area contributed by atoms with Crippen molar-refractivity contribution in [2.45, 2.75) is 26.6 Å². The summed E-state index contributed by atoms with van der Waals surface area (Å²) in [7, 11) is 0. The van der Waals surface area contributed by atoms with Crippen LogP contribution in [0.2, 0.25) is 0 Å². The number of aliphatic carboxylic acids is 1. The van der Waals surface area contributed by atoms with Crippen molar-refractivity contribution in [3.05, 3.63) is 29.8 Å². The Balaban J connectivity index is 2.53. The summed E-state index contributed by atoms with van der Waals surface area (Å²) < 4.78 is 39.7. The third kappa shape index (κ3) is 6.02. The molecule has 0 unspecified atom stereocenters. The molecule has 22 heavy (non-hydrogen) atoms. The monoisotopic (exact) mass is 319 g/mol. The number of amides is 1. The third-order valence-corrected chi connectivity index (χ3v) is 2.83. The summed E-state index contributed by atoms with van der Waals surface area (Å²) in [4.78, 5) is 22.6. The van der Waals surface area contributed by atoms with Gasteiger partial charge in [0, 0.05) is 6.54 Å². The first-order valence-electron chi connectivity index (χ1n) is 6.34. The zero-order valence-electron chi connectivity index (χ0n) is 12.0. The number of rotatable bonds is 6. The zero-order valence-corrected chi connectivity index (χ0v) is 12.0. The highest BCUT2D eigenvalue weighted by Gasteiger charge is 2.31. The molecule has 122 valence electrons. The van der Waals surface area contributed by atoms with Crippen LogP contribution in [0.1, 0.15) is 19.4 Å². The van der Waals surface area contributed by atoms with E-state index in [1.807, 2.05) is 0 Å². The Hall–Kier alpha value is -2.25. The summed E-state index contributed by atoms with van der Waals surface area (Å²) in [6.07, 6.45) is -4.83. The van der Waals surface area contributed by atoms with E-state index in [0.29, 0.717) is 5.56 Å². The highest BCUT2D eigenvalue weighted by Crippen LogP contribution is 2.22. The number of hydrogen-bond acceptors (Lipinski definition) is 3. The molecule has 2 N–H and O–H groups in total. The Labute approximate surface area is 125 Å². The molecule has 0 aliphatic heterocycles. The number of nitrogens with one attached hydrogen (secondary N) is 1. The third-order valence-electron chi connectivity index (χ3n) is 2.83. The first-order chi connectivity index (χ1) is 9.99. The second-order valence-corrected chi connectivity index (χ2v) is 5.33. The number of alkyl halides is 3. The van der Waals surface area contributed by atoms with Gasteiger partial charge in [0.1, 0.15) is 5.75 Å². The van der Waals surface area contributed by atoms with Gasteiger partial charge in [-0.3, -0.25) is 9.59 Å². The Morgan fingerprint density at radius 3 is 2.18 bits per heavy atom. The van der Waals surface area contributed by atoms with Crippen molar-refractivity contribution in [3.63, 3.8) is 0 Å². The predicted molar refractivity (Wildman–Crippen MR) is 71.3 cm³/mol. The van der Waals surface area contributed by atoms with Crippen LogP contribution in [0.4, 0.5) is 13.2 Å². The number of carboxylic acid groups (broad SMARTS) is 1. The van der Waals surface area contributed by atoms with Crippen LogP contribution in [0.25, 0.3) is 0 Å². The van der Waals surface area contributed by atoms with Crippen molar-refractivity contribution in [1.82, 2.24) is 5.32 Å². The van der Waals surface area contributed by atoms with Crippen LogP contribution in [0, 0.1) is 5.41 Å². The lowest BCUT2D eigenvalue weighted by Crippen LogP contribution is -2.39. The first kappa shape index (κ1) is 17.8. The minimum absolute atomic E-state index is 0.0452. The lowest BCUT2D eigenvalue weighted by molar-refractivity contribution is -0.274. The van der Waals surface area contributed by atoms with Gasteiger partial charge in [-0.2, -0.15) is 0 Å². The summed E-state index contributed by atoms with van der Waals surface area (Å²) in [5, 5.41) is 11.4. The molecule has 0 aliphatic rings. The molecule has 1 aromatic carbocycles. The van der Waals surface area contributed by atoms with Gasteiger partial charge in [-0.15, -0.1) is 13.2 Å². The van der Waals surface area contributed by atoms with Gasteiger partial charge in [0.25, 0.3) is 0 Å². The van der Waals surface area contributed by atoms with Gasteiger partial charge >= 0.3 is 12.3 Å². The largest absolute Gasteiger partial charge is 0.573 e. The highest BCUT2D eigenvalue weighted by molar-refractivity contribution is 5.80. The molecule has 0 bridgehead atoms. The molecule has 0 spiro atoms. The maximum Gasteiger partial charge on any atom is 0.573 e. The van der Waals surface area contributed by atoms with Gasteiger partial charge in [-0.25, -0.2) is 0 Å². The van der Waals surface area contributed by atoms with Gasteiger partial charge in [-0.05, 0) is 31.5 Å². The van der Waals surface area contributed by atoms with E-state index >= 15 is 0 Å². The van der Waals surface area contributed by atoms with E-state index in [2.05, 4.69) is 10.1 Å². The number of halogens is 3. The van der Waals surface area contributed by atoms with Crippen LogP contribution >= 0.6 is 0 Å². The van der Waals surface area contributed by atoms with Crippen LogP contribution in [-0.4, -0.2) is 29.9 Å². The molecule has 0 saturated heterocycles. The molecular formula is C14H16F3NO4. The standard InChI is InChI=1S/C14H16F3NO4/c1-13(2,12(20)21)8-18-11(19)7-9-3-5-10(6-4-9)22-14(15,16)17/h3-6H,7-8H2,1-2H3,(H,18,19)(H,20,21). The fourth-order valence-electron chi connectivity index (χ4n) is 1.45. The van der Waals surface area contributed by atoms with Crippen LogP contribution in [0.5, 0.6) is 5.75 Å². The molecule has 0 aromatic heterocycles. The minimum atomic E-state index is -4.76. The van der Waals surface area contributed by atoms with Crippen molar-refractivity contribution in [2.75, 3.05) is 6.54 Å². The normalized spacial score (nSPS) is 11.9. The molecule has 8 heteroatoms. The Bertz CT molecular complexity index is 538. The molecule has 1 aromatic rings. The van der Waals surface area contributed by atoms with E-state index < -0.39 is 23.7 Å². The average Bonchev–Trinajstić information content (AvgIpc) is 2.37. The fraction of sp³-hybridized carbons (Fsp3) is 0.429. The molecular weight excluding hydrogens is 303 g/mol. The van der Waals surface area contributed by atoms with E-state index in [1.165, 1.54) is 26.0 Å². The van der Waals surface area contributed by atoms with Crippen molar-refractivity contribution in [1.29, 1.82) is 0 Å². The lowest BCUT2D eigenvalue weighted by atomic mass is 9.94. The number of hydrogen-bond donors (Lipinski definition) is 2. The number of carboxylic acids is 1. The molecule has 1 rings (SSSR count). The lowest BCUT2D eigenvalue weighted by Gasteiger charge is -2.19. The number of ether oxygens (including phenoxy) is 1. The molecule has 1 amide bonds. The van der Waals surface area contributed by atoms with E-state index in [0.717, 1.165) is 12.1 Å². The van der Waals surface area contributed by atoms with Crippen LogP contribution in [-0.2, 0) is 16.0 Å². The van der Waals surface area contributed by atoms with Crippen molar-refractivity contribution >= 4 is 11.9 Å². The number of carbonyl (C=O) groups is 2. The Morgan fingerprint density at radius 1 is 1.18 bits per heavy atom. The van der Waals surface area contributed by atoms with Gasteiger partial charge in [-0.1, -0.05) is 12.1 Å². The maximum atomic E-state index is 12.0. The Kier molecular flexibility index (Phi) is 5.40. The average molecular weight is 319 g/mol. The highest BCUT2D eigenvalue weighted by atomic mass is 19.4. The fourth-order valence-corrected chi connectivity index (χ4v) is 1.45. The summed E-state index contributed by atoms with van der Waals surface area (Å²) in [5.41, 5.74) is -0.611. The molecule has 0 atom stereocenters. The molecule has 0 saturated carbocycles. The van der Waals surface area contributed by atoms with Gasteiger partial charge < -0.3 is 15.2 Å². The van der Waals surface area contributed by atoms with Gasteiger partial charge in [0.05, 0.1) is 11.8 Å². The number of benzene rings is 1. The summed E-state index contributed by atoms with van der Waals surface area (Å²) in [6.45, 7) is 2.90. The summed E-state index contributed by atoms with van der Waals surface area (Å²) in [5.74, 6) is -1.83. The van der Waals surface area contributed by atoms with E-state index in [9.17, 15) is 22.8 Å². The second kappa shape index (κ2) is 6.67. The zero-order chi connectivity index (χ0) is 17.0. The second-order valence-electron chi connectivity index (χ2n) is 5.33. The van der Waals surface area contributed by atoms with Gasteiger partial charge in [0.2, 0.25) is 5.91 Å². The van der Waals surface area contributed by atoms with Crippen molar-refractivity contribution < 1.29 is 32.6 Å². The molecule has 0 heterocycles. The van der Waals surface area contributed by atoms with E-state index in [4.69, 9.17) is 5.11 Å². The SMILES string of the molecule is CC(C)(CNC(=O)Cc1ccc(OC(F)(F)F)cc1)C(=O)O. The van der Waals surface area contributed by atoms with Gasteiger partial charge in [0.15, 0.2) is 0 Å². The first-order valence-corrected chi connectivity index (χ1v) is 6.34. The topological polar surface area (TPSA) is 75.6 Å². The van der Waals surface area contributed by atoms with E-state index in [-0.39, 0.29) is 18.7 Å². The van der Waals surface area contributed by atoms with Crippen molar-refractivity contribution in [3.8, 4) is 5.75 Å². The molecule has 0 radical (unpaired) electrons. The summed E-state index contributed by atoms with van der Waals surface area (Å²) in [6, 6.07) is 4.89.